The van der Waals surface area contributed by atoms with Crippen LogP contribution < -0.4 is 16.4 Å². The van der Waals surface area contributed by atoms with Crippen molar-refractivity contribution >= 4 is 29.7 Å². The second kappa shape index (κ2) is 11.8. The molecule has 12 nitrogen and oxygen atoms in total. The zero-order chi connectivity index (χ0) is 21.1. The fraction of sp³-hybridized carbons (Fsp3) is 0.667. The highest BCUT2D eigenvalue weighted by Gasteiger charge is 2.32. The number of ether oxygens (including phenoxy) is 2. The molecule has 0 spiro atoms. The van der Waals surface area contributed by atoms with Crippen LogP contribution in [0.2, 0.25) is 0 Å². The lowest BCUT2D eigenvalue weighted by atomic mass is 10.1. The molecule has 0 radical (unpaired) electrons. The van der Waals surface area contributed by atoms with Crippen molar-refractivity contribution < 1.29 is 43.7 Å². The lowest BCUT2D eigenvalue weighted by Gasteiger charge is -2.24. The number of nitrogens with one attached hydrogen (secondary N) is 2. The molecule has 154 valence electrons. The van der Waals surface area contributed by atoms with Gasteiger partial charge in [0.15, 0.2) is 0 Å². The molecule has 0 fully saturated rings. The predicted molar refractivity (Wildman–Crippen MR) is 89.0 cm³/mol. The maximum atomic E-state index is 12.2. The monoisotopic (exact) mass is 391 g/mol. The summed E-state index contributed by atoms with van der Waals surface area (Å²) < 4.78 is 8.77. The zero-order valence-corrected chi connectivity index (χ0v) is 15.3. The van der Waals surface area contributed by atoms with Crippen molar-refractivity contribution in [1.82, 2.24) is 10.6 Å². The van der Waals surface area contributed by atoms with Gasteiger partial charge in [-0.2, -0.15) is 0 Å². The van der Waals surface area contributed by atoms with Crippen molar-refractivity contribution in [2.75, 3.05) is 14.2 Å². The van der Waals surface area contributed by atoms with E-state index < -0.39 is 60.4 Å². The summed E-state index contributed by atoms with van der Waals surface area (Å²) in [5.74, 6) is -4.81. The zero-order valence-electron chi connectivity index (χ0n) is 15.3. The summed E-state index contributed by atoms with van der Waals surface area (Å²) in [6.07, 6.45) is -2.23. The molecule has 2 amide bonds. The van der Waals surface area contributed by atoms with Crippen LogP contribution in [0.4, 0.5) is 0 Å². The van der Waals surface area contributed by atoms with E-state index in [1.165, 1.54) is 14.0 Å². The molecule has 4 atom stereocenters. The Morgan fingerprint density at radius 2 is 1.56 bits per heavy atom. The molecule has 0 heterocycles. The average molecular weight is 391 g/mol. The van der Waals surface area contributed by atoms with Gasteiger partial charge < -0.3 is 36.1 Å². The van der Waals surface area contributed by atoms with Crippen molar-refractivity contribution in [1.29, 1.82) is 0 Å². The van der Waals surface area contributed by atoms with Crippen LogP contribution in [0.5, 0.6) is 0 Å². The largest absolute Gasteiger partial charge is 0.480 e. The predicted octanol–water partition coefficient (Wildman–Crippen LogP) is -2.73. The Morgan fingerprint density at radius 3 is 2.00 bits per heavy atom. The molecule has 0 aromatic carbocycles. The first-order valence-electron chi connectivity index (χ1n) is 7.94. The first kappa shape index (κ1) is 24.3. The molecule has 0 aromatic heterocycles. The molecule has 0 saturated heterocycles. The Bertz CT molecular complexity index is 565. The highest BCUT2D eigenvalue weighted by Crippen LogP contribution is 2.02. The molecule has 0 bridgehead atoms. The van der Waals surface area contributed by atoms with Crippen molar-refractivity contribution in [2.45, 2.75) is 50.4 Å². The van der Waals surface area contributed by atoms with Crippen molar-refractivity contribution in [2.24, 2.45) is 5.73 Å². The number of methoxy groups -OCH3 is 2. The Hall–Kier alpha value is -2.73. The number of hydrogen-bond acceptors (Lipinski definition) is 9. The molecule has 12 heteroatoms. The summed E-state index contributed by atoms with van der Waals surface area (Å²) >= 11 is 0. The van der Waals surface area contributed by atoms with E-state index in [9.17, 15) is 29.1 Å². The molecular formula is C15H25N3O9. The number of aliphatic hydroxyl groups excluding tert-OH is 1. The average Bonchev–Trinajstić information content (AvgIpc) is 2.61. The fourth-order valence-electron chi connectivity index (χ4n) is 1.88. The van der Waals surface area contributed by atoms with Gasteiger partial charge in [0.2, 0.25) is 11.8 Å². The van der Waals surface area contributed by atoms with Gasteiger partial charge in [-0.05, 0) is 13.3 Å². The van der Waals surface area contributed by atoms with Crippen LogP contribution in [0.25, 0.3) is 0 Å². The summed E-state index contributed by atoms with van der Waals surface area (Å²) in [7, 11) is 2.23. The van der Waals surface area contributed by atoms with Crippen LogP contribution in [0.3, 0.4) is 0 Å². The van der Waals surface area contributed by atoms with Gasteiger partial charge in [0, 0.05) is 6.42 Å². The third-order valence-electron chi connectivity index (χ3n) is 3.50. The van der Waals surface area contributed by atoms with E-state index >= 15 is 0 Å². The second-order valence-electron chi connectivity index (χ2n) is 5.63. The van der Waals surface area contributed by atoms with Crippen LogP contribution in [-0.2, 0) is 33.4 Å². The number of nitrogens with two attached hydrogens (primary N) is 1. The molecule has 0 saturated carbocycles. The molecule has 27 heavy (non-hydrogen) atoms. The quantitative estimate of drug-likeness (QED) is 0.231. The van der Waals surface area contributed by atoms with E-state index in [2.05, 4.69) is 14.8 Å². The van der Waals surface area contributed by atoms with Gasteiger partial charge in [-0.1, -0.05) is 0 Å². The van der Waals surface area contributed by atoms with Gasteiger partial charge in [0.25, 0.3) is 0 Å². The third kappa shape index (κ3) is 8.96. The van der Waals surface area contributed by atoms with Gasteiger partial charge in [0.1, 0.15) is 12.1 Å². The number of aliphatic carboxylic acids is 1. The standard InChI is InChI=1S/C15H25N3O9/c1-7(19)12(18-13(22)8(16)4-5-10(20)26-2)14(23)17-9(15(24)25)6-11(21)27-3/h7-9,12,19H,4-6,16H2,1-3H3,(H,17,23)(H,18,22)(H,24,25)/t7-,8+,9+,12+/m1/s1. The van der Waals surface area contributed by atoms with E-state index in [-0.39, 0.29) is 12.8 Å². The van der Waals surface area contributed by atoms with Crippen LogP contribution in [0.15, 0.2) is 0 Å². The van der Waals surface area contributed by atoms with Gasteiger partial charge in [0.05, 0.1) is 32.8 Å². The molecule has 0 unspecified atom stereocenters. The number of carboxylic acids is 1. The summed E-state index contributed by atoms with van der Waals surface area (Å²) in [6.45, 7) is 1.20. The molecule has 0 aromatic rings. The molecular weight excluding hydrogens is 366 g/mol. The summed E-state index contributed by atoms with van der Waals surface area (Å²) in [5.41, 5.74) is 5.61. The first-order chi connectivity index (χ1) is 12.5. The number of rotatable bonds is 11. The highest BCUT2D eigenvalue weighted by atomic mass is 16.5. The lowest BCUT2D eigenvalue weighted by molar-refractivity contribution is -0.149. The lowest BCUT2D eigenvalue weighted by Crippen LogP contribution is -2.58. The SMILES string of the molecule is COC(=O)CC[C@H](N)C(=O)N[C@H](C(=O)N[C@@H](CC(=O)OC)C(=O)O)[C@@H](C)O. The second-order valence-corrected chi connectivity index (χ2v) is 5.63. The van der Waals surface area contributed by atoms with Gasteiger partial charge >= 0.3 is 17.9 Å². The number of carbonyl (C=O) groups excluding carboxylic acids is 4. The minimum atomic E-state index is -1.61. The van der Waals surface area contributed by atoms with Gasteiger partial charge in [-0.3, -0.25) is 19.2 Å². The van der Waals surface area contributed by atoms with Gasteiger partial charge in [-0.15, -0.1) is 0 Å². The van der Waals surface area contributed by atoms with Crippen LogP contribution >= 0.6 is 0 Å². The number of aliphatic hydroxyl groups is 1. The molecule has 0 rings (SSSR count). The Morgan fingerprint density at radius 1 is 1.00 bits per heavy atom. The molecule has 0 aliphatic carbocycles. The highest BCUT2D eigenvalue weighted by molar-refractivity contribution is 5.93. The summed E-state index contributed by atoms with van der Waals surface area (Å²) in [4.78, 5) is 57.7. The topological polar surface area (TPSA) is 194 Å². The summed E-state index contributed by atoms with van der Waals surface area (Å²) in [5, 5.41) is 23.0. The van der Waals surface area contributed by atoms with E-state index in [1.54, 1.807) is 0 Å². The molecule has 0 aliphatic rings. The number of amides is 2. The fourth-order valence-corrected chi connectivity index (χ4v) is 1.88. The smallest absolute Gasteiger partial charge is 0.326 e. The number of carboxylic acid groups (broad SMARTS) is 1. The van der Waals surface area contributed by atoms with Crippen LogP contribution in [0, 0.1) is 0 Å². The van der Waals surface area contributed by atoms with Gasteiger partial charge in [-0.25, -0.2) is 4.79 Å². The molecule has 6 N–H and O–H groups in total. The van der Waals surface area contributed by atoms with E-state index in [1.807, 2.05) is 5.32 Å². The minimum Gasteiger partial charge on any atom is -0.480 e. The van der Waals surface area contributed by atoms with E-state index in [4.69, 9.17) is 10.8 Å². The van der Waals surface area contributed by atoms with Crippen LogP contribution in [0.1, 0.15) is 26.2 Å². The summed E-state index contributed by atoms with van der Waals surface area (Å²) in [6, 6.07) is -4.30. The van der Waals surface area contributed by atoms with Crippen molar-refractivity contribution in [3.8, 4) is 0 Å². The van der Waals surface area contributed by atoms with Crippen LogP contribution in [-0.4, -0.2) is 78.4 Å². The van der Waals surface area contributed by atoms with Crippen molar-refractivity contribution in [3.63, 3.8) is 0 Å². The number of hydrogen-bond donors (Lipinski definition) is 5. The number of carbonyl (C=O) groups is 5. The van der Waals surface area contributed by atoms with E-state index in [0.29, 0.717) is 0 Å². The first-order valence-corrected chi connectivity index (χ1v) is 7.94. The maximum Gasteiger partial charge on any atom is 0.326 e. The number of esters is 2. The minimum absolute atomic E-state index is 0.0628. The Labute approximate surface area is 155 Å². The normalized spacial score (nSPS) is 14.9. The molecule has 0 aliphatic heterocycles. The van der Waals surface area contributed by atoms with Crippen molar-refractivity contribution in [3.05, 3.63) is 0 Å². The Balaban J connectivity index is 4.96. The Kier molecular flexibility index (Phi) is 10.6. The maximum absolute atomic E-state index is 12.2. The third-order valence-corrected chi connectivity index (χ3v) is 3.50. The van der Waals surface area contributed by atoms with E-state index in [0.717, 1.165) is 7.11 Å².